The average Bonchev–Trinajstić information content (AvgIpc) is 2.55. The van der Waals surface area contributed by atoms with Crippen molar-refractivity contribution in [2.45, 2.75) is 0 Å². The van der Waals surface area contributed by atoms with Gasteiger partial charge in [-0.05, 0) is 29.8 Å². The zero-order chi connectivity index (χ0) is 14.3. The first-order valence-corrected chi connectivity index (χ1v) is 6.78. The van der Waals surface area contributed by atoms with E-state index in [1.54, 1.807) is 6.21 Å². The van der Waals surface area contributed by atoms with Crippen LogP contribution in [0.5, 0.6) is 0 Å². The van der Waals surface area contributed by atoms with Crippen LogP contribution in [0.1, 0.15) is 5.56 Å². The molecule has 0 aliphatic heterocycles. The summed E-state index contributed by atoms with van der Waals surface area (Å²) in [7, 11) is 0. The molecule has 0 fully saturated rings. The number of hydrazone groups is 1. The Bertz CT molecular complexity index is 777. The van der Waals surface area contributed by atoms with Crippen LogP contribution in [0.3, 0.4) is 0 Å². The molecule has 0 saturated heterocycles. The zero-order valence-electron chi connectivity index (χ0n) is 11.5. The molecule has 0 amide bonds. The van der Waals surface area contributed by atoms with E-state index in [0.717, 1.165) is 22.3 Å². The third-order valence-electron chi connectivity index (χ3n) is 3.03. The Labute approximate surface area is 123 Å². The molecule has 1 aromatic heterocycles. The van der Waals surface area contributed by atoms with Gasteiger partial charge in [0.1, 0.15) is 5.82 Å². The fourth-order valence-corrected chi connectivity index (χ4v) is 1.99. The standard InChI is InChI=1S/C18H15N3/c1-2-7-15(8-3-1)9-6-14-19-21-18-13-12-16-10-4-5-11-17(16)20-18/h1-14H,(H,20,21)/b9-6+,19-14-. The summed E-state index contributed by atoms with van der Waals surface area (Å²) in [6.45, 7) is 0. The molecule has 1 N–H and O–H groups in total. The van der Waals surface area contributed by atoms with Gasteiger partial charge in [-0.1, -0.05) is 54.6 Å². The quantitative estimate of drug-likeness (QED) is 0.567. The first kappa shape index (κ1) is 13.1. The van der Waals surface area contributed by atoms with E-state index in [-0.39, 0.29) is 0 Å². The molecule has 3 nitrogen and oxygen atoms in total. The van der Waals surface area contributed by atoms with Gasteiger partial charge in [-0.25, -0.2) is 4.98 Å². The Morgan fingerprint density at radius 2 is 1.67 bits per heavy atom. The molecule has 0 bridgehead atoms. The maximum atomic E-state index is 4.48. The molecule has 102 valence electrons. The summed E-state index contributed by atoms with van der Waals surface area (Å²) >= 11 is 0. The Balaban J connectivity index is 1.63. The second-order valence-electron chi connectivity index (χ2n) is 4.55. The maximum Gasteiger partial charge on any atom is 0.146 e. The predicted octanol–water partition coefficient (Wildman–Crippen LogP) is 4.35. The largest absolute Gasteiger partial charge is 0.261 e. The molecule has 0 unspecified atom stereocenters. The number of aromatic nitrogens is 1. The molecule has 21 heavy (non-hydrogen) atoms. The topological polar surface area (TPSA) is 37.3 Å². The Morgan fingerprint density at radius 3 is 2.57 bits per heavy atom. The molecule has 0 radical (unpaired) electrons. The number of hydrogen-bond acceptors (Lipinski definition) is 3. The minimum atomic E-state index is 0.734. The molecule has 0 saturated carbocycles. The normalized spacial score (nSPS) is 11.4. The molecule has 0 spiro atoms. The number of hydrogen-bond donors (Lipinski definition) is 1. The summed E-state index contributed by atoms with van der Waals surface area (Å²) in [6, 6.07) is 22.1. The van der Waals surface area contributed by atoms with Crippen molar-refractivity contribution in [3.63, 3.8) is 0 Å². The van der Waals surface area contributed by atoms with E-state index in [9.17, 15) is 0 Å². The van der Waals surface area contributed by atoms with Gasteiger partial charge in [0, 0.05) is 11.6 Å². The first-order chi connectivity index (χ1) is 10.4. The lowest BCUT2D eigenvalue weighted by molar-refractivity contribution is 1.27. The lowest BCUT2D eigenvalue weighted by Gasteiger charge is -2.01. The molecular formula is C18H15N3. The SMILES string of the molecule is C(/C=C/c1ccccc1)=N/Nc1ccc2ccccc2n1. The van der Waals surface area contributed by atoms with Crippen LogP contribution in [0.15, 0.2) is 77.9 Å². The number of rotatable bonds is 4. The summed E-state index contributed by atoms with van der Waals surface area (Å²) in [4.78, 5) is 4.48. The van der Waals surface area contributed by atoms with Crippen molar-refractivity contribution in [2.75, 3.05) is 5.43 Å². The number of fused-ring (bicyclic) bond motifs is 1. The second kappa shape index (κ2) is 6.48. The number of nitrogens with zero attached hydrogens (tertiary/aromatic N) is 2. The van der Waals surface area contributed by atoms with E-state index in [0.29, 0.717) is 0 Å². The summed E-state index contributed by atoms with van der Waals surface area (Å²) in [5.74, 6) is 0.734. The number of benzene rings is 2. The van der Waals surface area contributed by atoms with Crippen molar-refractivity contribution in [2.24, 2.45) is 5.10 Å². The molecule has 0 atom stereocenters. The van der Waals surface area contributed by atoms with E-state index >= 15 is 0 Å². The third-order valence-corrected chi connectivity index (χ3v) is 3.03. The van der Waals surface area contributed by atoms with E-state index in [1.807, 2.05) is 78.9 Å². The lowest BCUT2D eigenvalue weighted by Crippen LogP contribution is -1.92. The molecule has 0 aliphatic carbocycles. The van der Waals surface area contributed by atoms with Crippen molar-refractivity contribution in [3.8, 4) is 0 Å². The Kier molecular flexibility index (Phi) is 4.03. The molecule has 1 heterocycles. The number of para-hydroxylation sites is 1. The van der Waals surface area contributed by atoms with Gasteiger partial charge in [0.25, 0.3) is 0 Å². The van der Waals surface area contributed by atoms with Crippen molar-refractivity contribution in [1.29, 1.82) is 0 Å². The van der Waals surface area contributed by atoms with Gasteiger partial charge in [0.2, 0.25) is 0 Å². The highest BCUT2D eigenvalue weighted by atomic mass is 15.3. The van der Waals surface area contributed by atoms with Crippen molar-refractivity contribution >= 4 is 29.0 Å². The minimum Gasteiger partial charge on any atom is -0.261 e. The van der Waals surface area contributed by atoms with E-state index in [2.05, 4.69) is 15.5 Å². The predicted molar refractivity (Wildman–Crippen MR) is 89.3 cm³/mol. The van der Waals surface area contributed by atoms with Crippen molar-refractivity contribution < 1.29 is 0 Å². The summed E-state index contributed by atoms with van der Waals surface area (Å²) in [6.07, 6.45) is 5.60. The van der Waals surface area contributed by atoms with Crippen LogP contribution in [-0.4, -0.2) is 11.2 Å². The van der Waals surface area contributed by atoms with Crippen LogP contribution < -0.4 is 5.43 Å². The highest BCUT2D eigenvalue weighted by Crippen LogP contribution is 2.14. The molecule has 3 heteroatoms. The van der Waals surface area contributed by atoms with Gasteiger partial charge < -0.3 is 0 Å². The van der Waals surface area contributed by atoms with Crippen LogP contribution in [0.2, 0.25) is 0 Å². The smallest absolute Gasteiger partial charge is 0.146 e. The number of allylic oxidation sites excluding steroid dienone is 1. The first-order valence-electron chi connectivity index (χ1n) is 6.78. The van der Waals surface area contributed by atoms with Gasteiger partial charge in [-0.15, -0.1) is 0 Å². The number of pyridine rings is 1. The zero-order valence-corrected chi connectivity index (χ0v) is 11.5. The third kappa shape index (κ3) is 3.54. The molecule has 3 rings (SSSR count). The molecular weight excluding hydrogens is 258 g/mol. The maximum absolute atomic E-state index is 4.48. The van der Waals surface area contributed by atoms with E-state index in [1.165, 1.54) is 0 Å². The number of nitrogens with one attached hydrogen (secondary N) is 1. The van der Waals surface area contributed by atoms with E-state index in [4.69, 9.17) is 0 Å². The van der Waals surface area contributed by atoms with Gasteiger partial charge >= 0.3 is 0 Å². The average molecular weight is 273 g/mol. The van der Waals surface area contributed by atoms with Gasteiger partial charge in [0.05, 0.1) is 5.52 Å². The van der Waals surface area contributed by atoms with Gasteiger partial charge in [-0.3, -0.25) is 5.43 Å². The van der Waals surface area contributed by atoms with Crippen LogP contribution in [0.25, 0.3) is 17.0 Å². The second-order valence-corrected chi connectivity index (χ2v) is 4.55. The molecule has 3 aromatic rings. The van der Waals surface area contributed by atoms with Gasteiger partial charge in [-0.2, -0.15) is 5.10 Å². The van der Waals surface area contributed by atoms with Crippen molar-refractivity contribution in [3.05, 3.63) is 78.4 Å². The van der Waals surface area contributed by atoms with Crippen LogP contribution in [0, 0.1) is 0 Å². The van der Waals surface area contributed by atoms with E-state index < -0.39 is 0 Å². The summed E-state index contributed by atoms with van der Waals surface area (Å²) in [5, 5.41) is 5.26. The lowest BCUT2D eigenvalue weighted by atomic mass is 10.2. The summed E-state index contributed by atoms with van der Waals surface area (Å²) in [5.41, 5.74) is 5.03. The Hall–Kier alpha value is -2.94. The monoisotopic (exact) mass is 273 g/mol. The number of anilines is 1. The highest BCUT2D eigenvalue weighted by Gasteiger charge is 1.95. The van der Waals surface area contributed by atoms with Crippen LogP contribution >= 0.6 is 0 Å². The van der Waals surface area contributed by atoms with Crippen LogP contribution in [0.4, 0.5) is 5.82 Å². The minimum absolute atomic E-state index is 0.734. The Morgan fingerprint density at radius 1 is 0.857 bits per heavy atom. The molecule has 0 aliphatic rings. The highest BCUT2D eigenvalue weighted by molar-refractivity contribution is 5.81. The fraction of sp³-hybridized carbons (Fsp3) is 0. The fourth-order valence-electron chi connectivity index (χ4n) is 1.99. The molecule has 2 aromatic carbocycles. The summed E-state index contributed by atoms with van der Waals surface area (Å²) < 4.78 is 0. The van der Waals surface area contributed by atoms with Gasteiger partial charge in [0.15, 0.2) is 0 Å². The van der Waals surface area contributed by atoms with Crippen LogP contribution in [-0.2, 0) is 0 Å². The van der Waals surface area contributed by atoms with Crippen molar-refractivity contribution in [1.82, 2.24) is 4.98 Å².